The van der Waals surface area contributed by atoms with Crippen LogP contribution in [0.5, 0.6) is 0 Å². The topological polar surface area (TPSA) is 78.7 Å². The Labute approximate surface area is 158 Å². The minimum Gasteiger partial charge on any atom is -0.467 e. The summed E-state index contributed by atoms with van der Waals surface area (Å²) >= 11 is 1.80. The van der Waals surface area contributed by atoms with Crippen LogP contribution in [-0.4, -0.2) is 36.8 Å². The van der Waals surface area contributed by atoms with E-state index in [2.05, 4.69) is 40.0 Å². The molecule has 0 saturated heterocycles. The van der Waals surface area contributed by atoms with Crippen LogP contribution in [0, 0.1) is 0 Å². The van der Waals surface area contributed by atoms with Gasteiger partial charge in [-0.15, -0.1) is 11.8 Å². The van der Waals surface area contributed by atoms with E-state index in [4.69, 9.17) is 4.42 Å². The van der Waals surface area contributed by atoms with E-state index in [-0.39, 0.29) is 12.5 Å². The van der Waals surface area contributed by atoms with Gasteiger partial charge in [-0.25, -0.2) is 4.99 Å². The Bertz CT molecular complexity index is 674. The fourth-order valence-electron chi connectivity index (χ4n) is 2.16. The molecular weight excluding hydrogens is 348 g/mol. The Morgan fingerprint density at radius 3 is 2.65 bits per heavy atom. The monoisotopic (exact) mass is 374 g/mol. The van der Waals surface area contributed by atoms with Gasteiger partial charge in [0, 0.05) is 23.2 Å². The molecule has 0 fully saturated rings. The number of benzene rings is 1. The third-order valence-electron chi connectivity index (χ3n) is 3.40. The number of rotatable bonds is 9. The summed E-state index contributed by atoms with van der Waals surface area (Å²) < 4.78 is 5.18. The molecule has 0 bridgehead atoms. The predicted molar refractivity (Wildman–Crippen MR) is 106 cm³/mol. The Balaban J connectivity index is 1.75. The van der Waals surface area contributed by atoms with Crippen molar-refractivity contribution in [3.63, 3.8) is 0 Å². The highest BCUT2D eigenvalue weighted by Gasteiger charge is 2.07. The Hall–Kier alpha value is -2.41. The molecule has 1 aromatic carbocycles. The van der Waals surface area contributed by atoms with E-state index in [1.165, 1.54) is 4.90 Å². The van der Waals surface area contributed by atoms with Crippen molar-refractivity contribution in [3.05, 3.63) is 54.5 Å². The fraction of sp³-hybridized carbons (Fsp3) is 0.368. The number of nitrogens with one attached hydrogen (secondary N) is 3. The van der Waals surface area contributed by atoms with E-state index in [0.29, 0.717) is 17.8 Å². The van der Waals surface area contributed by atoms with Crippen molar-refractivity contribution in [3.8, 4) is 0 Å². The quantitative estimate of drug-likeness (QED) is 0.357. The molecule has 1 unspecified atom stereocenters. The summed E-state index contributed by atoms with van der Waals surface area (Å²) in [5, 5.41) is 9.59. The number of hydrogen-bond donors (Lipinski definition) is 3. The normalized spacial score (nSPS) is 12.5. The van der Waals surface area contributed by atoms with E-state index in [0.717, 1.165) is 18.8 Å². The van der Waals surface area contributed by atoms with Crippen LogP contribution in [0.1, 0.15) is 19.6 Å². The molecule has 0 aliphatic rings. The first-order chi connectivity index (χ1) is 12.7. The van der Waals surface area contributed by atoms with Crippen molar-refractivity contribution < 1.29 is 9.21 Å². The number of guanidine groups is 1. The van der Waals surface area contributed by atoms with Crippen LogP contribution in [0.2, 0.25) is 0 Å². The SMILES string of the molecule is CCNC(=NCC(=O)NCc1ccco1)NCC(C)Sc1ccccc1. The van der Waals surface area contributed by atoms with Crippen LogP contribution in [0.3, 0.4) is 0 Å². The molecule has 2 aromatic rings. The summed E-state index contributed by atoms with van der Waals surface area (Å²) in [7, 11) is 0. The molecule has 0 aliphatic carbocycles. The first kappa shape index (κ1) is 19.9. The van der Waals surface area contributed by atoms with Gasteiger partial charge in [-0.05, 0) is 31.2 Å². The summed E-state index contributed by atoms with van der Waals surface area (Å²) in [4.78, 5) is 17.5. The third-order valence-corrected chi connectivity index (χ3v) is 4.52. The minimum atomic E-state index is -0.148. The van der Waals surface area contributed by atoms with Gasteiger partial charge in [-0.3, -0.25) is 4.79 Å². The molecule has 7 heteroatoms. The lowest BCUT2D eigenvalue weighted by molar-refractivity contribution is -0.119. The zero-order chi connectivity index (χ0) is 18.6. The average Bonchev–Trinajstić information content (AvgIpc) is 3.17. The number of carbonyl (C=O) groups is 1. The Kier molecular flexibility index (Phi) is 8.62. The molecule has 26 heavy (non-hydrogen) atoms. The van der Waals surface area contributed by atoms with E-state index in [1.54, 1.807) is 24.1 Å². The molecule has 1 heterocycles. The maximum Gasteiger partial charge on any atom is 0.242 e. The molecule has 1 atom stereocenters. The number of hydrogen-bond acceptors (Lipinski definition) is 4. The number of carbonyl (C=O) groups excluding carboxylic acids is 1. The smallest absolute Gasteiger partial charge is 0.242 e. The summed E-state index contributed by atoms with van der Waals surface area (Å²) in [5.41, 5.74) is 0. The number of thioether (sulfide) groups is 1. The molecule has 2 rings (SSSR count). The van der Waals surface area contributed by atoms with Crippen molar-refractivity contribution in [2.75, 3.05) is 19.6 Å². The van der Waals surface area contributed by atoms with Crippen LogP contribution >= 0.6 is 11.8 Å². The van der Waals surface area contributed by atoms with Crippen molar-refractivity contribution in [2.45, 2.75) is 30.5 Å². The molecule has 0 spiro atoms. The van der Waals surface area contributed by atoms with Gasteiger partial charge in [-0.1, -0.05) is 25.1 Å². The molecule has 1 aromatic heterocycles. The van der Waals surface area contributed by atoms with Gasteiger partial charge in [0.1, 0.15) is 12.3 Å². The van der Waals surface area contributed by atoms with Gasteiger partial charge >= 0.3 is 0 Å². The second-order valence-electron chi connectivity index (χ2n) is 5.67. The Morgan fingerprint density at radius 1 is 1.15 bits per heavy atom. The lowest BCUT2D eigenvalue weighted by Crippen LogP contribution is -2.40. The van der Waals surface area contributed by atoms with E-state index in [9.17, 15) is 4.79 Å². The van der Waals surface area contributed by atoms with E-state index in [1.807, 2.05) is 31.2 Å². The molecule has 0 saturated carbocycles. The van der Waals surface area contributed by atoms with Crippen molar-refractivity contribution in [2.24, 2.45) is 4.99 Å². The third kappa shape index (κ3) is 7.65. The van der Waals surface area contributed by atoms with Gasteiger partial charge < -0.3 is 20.4 Å². The lowest BCUT2D eigenvalue weighted by atomic mass is 10.4. The predicted octanol–water partition coefficient (Wildman–Crippen LogP) is 2.63. The molecule has 0 aliphatic heterocycles. The summed E-state index contributed by atoms with van der Waals surface area (Å²) in [5.74, 6) is 1.21. The van der Waals surface area contributed by atoms with Gasteiger partial charge in [-0.2, -0.15) is 0 Å². The standard InChI is InChI=1S/C19H26N4O2S/c1-3-20-19(22-12-15(2)26-17-9-5-4-6-10-17)23-14-18(24)21-13-16-8-7-11-25-16/h4-11,15H,3,12-14H2,1-2H3,(H,21,24)(H2,20,22,23). The highest BCUT2D eigenvalue weighted by molar-refractivity contribution is 8.00. The van der Waals surface area contributed by atoms with Crippen molar-refractivity contribution >= 4 is 23.6 Å². The van der Waals surface area contributed by atoms with Crippen LogP contribution in [0.15, 0.2) is 63.0 Å². The molecule has 3 N–H and O–H groups in total. The lowest BCUT2D eigenvalue weighted by Gasteiger charge is -2.15. The first-order valence-corrected chi connectivity index (χ1v) is 9.58. The molecular formula is C19H26N4O2S. The maximum atomic E-state index is 11.9. The van der Waals surface area contributed by atoms with Gasteiger partial charge in [0.05, 0.1) is 12.8 Å². The minimum absolute atomic E-state index is 0.0657. The van der Waals surface area contributed by atoms with Crippen molar-refractivity contribution in [1.29, 1.82) is 0 Å². The maximum absolute atomic E-state index is 11.9. The zero-order valence-electron chi connectivity index (χ0n) is 15.2. The van der Waals surface area contributed by atoms with E-state index >= 15 is 0 Å². The van der Waals surface area contributed by atoms with Crippen LogP contribution in [0.25, 0.3) is 0 Å². The number of nitrogens with zero attached hydrogens (tertiary/aromatic N) is 1. The molecule has 0 radical (unpaired) electrons. The van der Waals surface area contributed by atoms with Crippen molar-refractivity contribution in [1.82, 2.24) is 16.0 Å². The second kappa shape index (κ2) is 11.3. The first-order valence-electron chi connectivity index (χ1n) is 8.70. The number of furan rings is 1. The van der Waals surface area contributed by atoms with Crippen LogP contribution in [0.4, 0.5) is 0 Å². The van der Waals surface area contributed by atoms with Crippen LogP contribution in [-0.2, 0) is 11.3 Å². The average molecular weight is 375 g/mol. The fourth-order valence-corrected chi connectivity index (χ4v) is 3.11. The van der Waals surface area contributed by atoms with Gasteiger partial charge in [0.15, 0.2) is 5.96 Å². The van der Waals surface area contributed by atoms with Crippen LogP contribution < -0.4 is 16.0 Å². The number of aliphatic imine (C=N–C) groups is 1. The van der Waals surface area contributed by atoms with E-state index < -0.39 is 0 Å². The number of amides is 1. The molecule has 6 nitrogen and oxygen atoms in total. The highest BCUT2D eigenvalue weighted by atomic mass is 32.2. The molecule has 140 valence electrons. The zero-order valence-corrected chi connectivity index (χ0v) is 16.0. The highest BCUT2D eigenvalue weighted by Crippen LogP contribution is 2.21. The van der Waals surface area contributed by atoms with Gasteiger partial charge in [0.25, 0.3) is 0 Å². The second-order valence-corrected chi connectivity index (χ2v) is 7.19. The molecule has 1 amide bonds. The largest absolute Gasteiger partial charge is 0.467 e. The summed E-state index contributed by atoms with van der Waals surface area (Å²) in [6.07, 6.45) is 1.58. The van der Waals surface area contributed by atoms with Gasteiger partial charge in [0.2, 0.25) is 5.91 Å². The summed E-state index contributed by atoms with van der Waals surface area (Å²) in [6.45, 7) is 6.08. The Morgan fingerprint density at radius 2 is 1.96 bits per heavy atom. The summed E-state index contributed by atoms with van der Waals surface area (Å²) in [6, 6.07) is 13.9.